The Morgan fingerprint density at radius 1 is 1.35 bits per heavy atom. The molecule has 3 heteroatoms. The Morgan fingerprint density at radius 3 is 2.71 bits per heavy atom. The average molecular weight is 241 g/mol. The van der Waals surface area contributed by atoms with Gasteiger partial charge in [0.2, 0.25) is 0 Å². The van der Waals surface area contributed by atoms with E-state index in [-0.39, 0.29) is 11.5 Å². The minimum absolute atomic E-state index is 0.00817. The SMILES string of the molecule is CCNC1(CC(=O)OC)CCCC(CC)CC1. The van der Waals surface area contributed by atoms with Crippen LogP contribution in [-0.2, 0) is 9.53 Å². The molecule has 2 unspecified atom stereocenters. The van der Waals surface area contributed by atoms with Crippen molar-refractivity contribution in [2.45, 2.75) is 64.3 Å². The van der Waals surface area contributed by atoms with Crippen LogP contribution in [0, 0.1) is 5.92 Å². The van der Waals surface area contributed by atoms with E-state index in [1.54, 1.807) is 0 Å². The summed E-state index contributed by atoms with van der Waals surface area (Å²) in [5.74, 6) is 0.758. The Bertz CT molecular complexity index is 242. The third-order valence-electron chi connectivity index (χ3n) is 4.14. The molecule has 2 atom stereocenters. The summed E-state index contributed by atoms with van der Waals surface area (Å²) >= 11 is 0. The van der Waals surface area contributed by atoms with Crippen LogP contribution in [0.1, 0.15) is 58.8 Å². The van der Waals surface area contributed by atoms with Crippen LogP contribution >= 0.6 is 0 Å². The number of esters is 1. The van der Waals surface area contributed by atoms with Gasteiger partial charge in [0.05, 0.1) is 13.5 Å². The number of carbonyl (C=O) groups is 1. The lowest BCUT2D eigenvalue weighted by Crippen LogP contribution is -2.46. The summed E-state index contributed by atoms with van der Waals surface area (Å²) in [7, 11) is 1.48. The Labute approximate surface area is 105 Å². The lowest BCUT2D eigenvalue weighted by Gasteiger charge is -2.33. The fourth-order valence-electron chi connectivity index (χ4n) is 3.03. The summed E-state index contributed by atoms with van der Waals surface area (Å²) in [6.45, 7) is 5.31. The number of hydrogen-bond donors (Lipinski definition) is 1. The van der Waals surface area contributed by atoms with Gasteiger partial charge in [-0.1, -0.05) is 33.1 Å². The van der Waals surface area contributed by atoms with Crippen molar-refractivity contribution in [3.05, 3.63) is 0 Å². The highest BCUT2D eigenvalue weighted by molar-refractivity contribution is 5.70. The molecule has 0 aromatic heterocycles. The van der Waals surface area contributed by atoms with Gasteiger partial charge in [0.15, 0.2) is 0 Å². The quantitative estimate of drug-likeness (QED) is 0.594. The second-order valence-corrected chi connectivity index (χ2v) is 5.27. The number of hydrogen-bond acceptors (Lipinski definition) is 3. The van der Waals surface area contributed by atoms with Crippen LogP contribution in [0.25, 0.3) is 0 Å². The van der Waals surface area contributed by atoms with Gasteiger partial charge in [-0.2, -0.15) is 0 Å². The van der Waals surface area contributed by atoms with Gasteiger partial charge in [0, 0.05) is 5.54 Å². The van der Waals surface area contributed by atoms with E-state index in [0.29, 0.717) is 6.42 Å². The molecule has 0 saturated heterocycles. The van der Waals surface area contributed by atoms with Crippen LogP contribution in [0.4, 0.5) is 0 Å². The van der Waals surface area contributed by atoms with E-state index in [0.717, 1.165) is 25.3 Å². The van der Waals surface area contributed by atoms with Gasteiger partial charge in [-0.3, -0.25) is 4.79 Å². The Kier molecular flexibility index (Phi) is 5.96. The van der Waals surface area contributed by atoms with Gasteiger partial charge < -0.3 is 10.1 Å². The zero-order valence-corrected chi connectivity index (χ0v) is 11.6. The van der Waals surface area contributed by atoms with E-state index in [4.69, 9.17) is 4.74 Å². The molecule has 100 valence electrons. The highest BCUT2D eigenvalue weighted by Crippen LogP contribution is 2.34. The summed E-state index contributed by atoms with van der Waals surface area (Å²) < 4.78 is 4.84. The first-order valence-corrected chi connectivity index (χ1v) is 6.97. The van der Waals surface area contributed by atoms with E-state index in [9.17, 15) is 4.79 Å². The first kappa shape index (κ1) is 14.5. The number of nitrogens with one attached hydrogen (secondary N) is 1. The minimum Gasteiger partial charge on any atom is -0.469 e. The normalized spacial score (nSPS) is 29.7. The number of ether oxygens (including phenoxy) is 1. The molecule has 1 fully saturated rings. The van der Waals surface area contributed by atoms with Crippen molar-refractivity contribution in [3.8, 4) is 0 Å². The third kappa shape index (κ3) is 4.30. The van der Waals surface area contributed by atoms with Crippen LogP contribution in [0.15, 0.2) is 0 Å². The van der Waals surface area contributed by atoms with Gasteiger partial charge in [0.25, 0.3) is 0 Å². The Hall–Kier alpha value is -0.570. The standard InChI is InChI=1S/C14H27NO2/c1-4-12-7-6-9-14(10-8-12,15-5-2)11-13(16)17-3/h12,15H,4-11H2,1-3H3. The third-order valence-corrected chi connectivity index (χ3v) is 4.14. The summed E-state index contributed by atoms with van der Waals surface area (Å²) in [6, 6.07) is 0. The molecule has 0 aliphatic heterocycles. The first-order chi connectivity index (χ1) is 8.15. The second kappa shape index (κ2) is 7.00. The topological polar surface area (TPSA) is 38.3 Å². The van der Waals surface area contributed by atoms with Gasteiger partial charge in [-0.25, -0.2) is 0 Å². The molecule has 0 heterocycles. The van der Waals surface area contributed by atoms with Gasteiger partial charge in [-0.05, 0) is 31.7 Å². The minimum atomic E-state index is -0.0825. The predicted molar refractivity (Wildman–Crippen MR) is 69.9 cm³/mol. The number of methoxy groups -OCH3 is 1. The van der Waals surface area contributed by atoms with Crippen LogP contribution in [0.2, 0.25) is 0 Å². The van der Waals surface area contributed by atoms with Crippen molar-refractivity contribution in [2.75, 3.05) is 13.7 Å². The largest absolute Gasteiger partial charge is 0.469 e. The maximum atomic E-state index is 11.6. The molecule has 1 saturated carbocycles. The summed E-state index contributed by atoms with van der Waals surface area (Å²) in [4.78, 5) is 11.6. The van der Waals surface area contributed by atoms with Gasteiger partial charge in [0.1, 0.15) is 0 Å². The fourth-order valence-corrected chi connectivity index (χ4v) is 3.03. The van der Waals surface area contributed by atoms with Crippen molar-refractivity contribution in [2.24, 2.45) is 5.92 Å². The molecule has 0 bridgehead atoms. The van der Waals surface area contributed by atoms with Crippen LogP contribution in [0.3, 0.4) is 0 Å². The van der Waals surface area contributed by atoms with E-state index >= 15 is 0 Å². The smallest absolute Gasteiger partial charge is 0.307 e. The first-order valence-electron chi connectivity index (χ1n) is 6.97. The second-order valence-electron chi connectivity index (χ2n) is 5.27. The summed E-state index contributed by atoms with van der Waals surface area (Å²) in [5.41, 5.74) is -0.00817. The molecule has 0 aromatic carbocycles. The lowest BCUT2D eigenvalue weighted by atomic mass is 9.86. The monoisotopic (exact) mass is 241 g/mol. The van der Waals surface area contributed by atoms with Gasteiger partial charge >= 0.3 is 5.97 Å². The zero-order chi connectivity index (χ0) is 12.7. The molecule has 3 nitrogen and oxygen atoms in total. The molecule has 1 aliphatic rings. The Morgan fingerprint density at radius 2 is 2.12 bits per heavy atom. The van der Waals surface area contributed by atoms with Crippen molar-refractivity contribution in [1.82, 2.24) is 5.32 Å². The van der Waals surface area contributed by atoms with E-state index in [1.165, 1.54) is 32.8 Å². The summed E-state index contributed by atoms with van der Waals surface area (Å²) in [6.07, 6.45) is 7.77. The molecule has 17 heavy (non-hydrogen) atoms. The van der Waals surface area contributed by atoms with Crippen molar-refractivity contribution < 1.29 is 9.53 Å². The van der Waals surface area contributed by atoms with Crippen molar-refractivity contribution in [1.29, 1.82) is 0 Å². The van der Waals surface area contributed by atoms with Crippen molar-refractivity contribution >= 4 is 5.97 Å². The van der Waals surface area contributed by atoms with Crippen LogP contribution in [0.5, 0.6) is 0 Å². The summed E-state index contributed by atoms with van der Waals surface area (Å²) in [5, 5.41) is 3.55. The molecular weight excluding hydrogens is 214 g/mol. The number of carbonyl (C=O) groups excluding carboxylic acids is 1. The van der Waals surface area contributed by atoms with E-state index < -0.39 is 0 Å². The zero-order valence-electron chi connectivity index (χ0n) is 11.6. The van der Waals surface area contributed by atoms with Crippen LogP contribution in [-0.4, -0.2) is 25.2 Å². The molecule has 1 aliphatic carbocycles. The van der Waals surface area contributed by atoms with E-state index in [1.807, 2.05) is 0 Å². The van der Waals surface area contributed by atoms with E-state index in [2.05, 4.69) is 19.2 Å². The highest BCUT2D eigenvalue weighted by Gasteiger charge is 2.34. The highest BCUT2D eigenvalue weighted by atomic mass is 16.5. The van der Waals surface area contributed by atoms with Crippen molar-refractivity contribution in [3.63, 3.8) is 0 Å². The maximum Gasteiger partial charge on any atom is 0.307 e. The Balaban J connectivity index is 2.66. The molecular formula is C14H27NO2. The lowest BCUT2D eigenvalue weighted by molar-refractivity contribution is -0.142. The average Bonchev–Trinajstić information content (AvgIpc) is 2.52. The number of rotatable bonds is 5. The molecule has 0 aromatic rings. The molecule has 0 spiro atoms. The maximum absolute atomic E-state index is 11.6. The molecule has 0 amide bonds. The van der Waals surface area contributed by atoms with Crippen LogP contribution < -0.4 is 5.32 Å². The molecule has 1 rings (SSSR count). The predicted octanol–water partition coefficient (Wildman–Crippen LogP) is 2.89. The fraction of sp³-hybridized carbons (Fsp3) is 0.929. The molecule has 1 N–H and O–H groups in total. The van der Waals surface area contributed by atoms with Gasteiger partial charge in [-0.15, -0.1) is 0 Å². The molecule has 0 radical (unpaired) electrons.